The summed E-state index contributed by atoms with van der Waals surface area (Å²) in [7, 11) is 0. The molecule has 1 aliphatic heterocycles. The molecule has 0 unspecified atom stereocenters. The summed E-state index contributed by atoms with van der Waals surface area (Å²) in [5.41, 5.74) is 2.48. The van der Waals surface area contributed by atoms with E-state index in [9.17, 15) is 14.7 Å². The van der Waals surface area contributed by atoms with Gasteiger partial charge < -0.3 is 20.6 Å². The molecular weight excluding hydrogens is 414 g/mol. The maximum Gasteiger partial charge on any atom is 0.317 e. The number of pyridine rings is 2. The molecule has 3 N–H and O–H groups in total. The Morgan fingerprint density at radius 1 is 1.25 bits per heavy atom. The van der Waals surface area contributed by atoms with Gasteiger partial charge in [-0.1, -0.05) is 6.07 Å². The van der Waals surface area contributed by atoms with E-state index in [-0.39, 0.29) is 24.4 Å². The van der Waals surface area contributed by atoms with Crippen LogP contribution in [0, 0.1) is 0 Å². The molecule has 0 aromatic carbocycles. The monoisotopic (exact) mass is 437 g/mol. The van der Waals surface area contributed by atoms with E-state index in [0.29, 0.717) is 37.0 Å². The molecule has 12 nitrogen and oxygen atoms in total. The quantitative estimate of drug-likeness (QED) is 0.516. The number of amides is 3. The molecule has 1 atom stereocenters. The Kier molecular flexibility index (Phi) is 6.03. The topological polar surface area (TPSA) is 151 Å². The fourth-order valence-corrected chi connectivity index (χ4v) is 3.36. The third kappa shape index (κ3) is 4.25. The number of aliphatic hydroxyl groups is 1. The number of tetrazole rings is 1. The van der Waals surface area contributed by atoms with E-state index in [1.54, 1.807) is 42.3 Å². The van der Waals surface area contributed by atoms with Gasteiger partial charge in [-0.15, -0.1) is 5.10 Å². The van der Waals surface area contributed by atoms with Crippen molar-refractivity contribution in [2.24, 2.45) is 0 Å². The van der Waals surface area contributed by atoms with Crippen LogP contribution in [-0.4, -0.2) is 65.3 Å². The van der Waals surface area contributed by atoms with E-state index in [1.165, 1.54) is 4.68 Å². The Balaban J connectivity index is 1.49. The number of carbonyl (C=O) groups is 2. The number of fused-ring (bicyclic) bond motifs is 1. The van der Waals surface area contributed by atoms with Crippen molar-refractivity contribution in [2.45, 2.75) is 33.0 Å². The van der Waals surface area contributed by atoms with Gasteiger partial charge in [-0.2, -0.15) is 0 Å². The summed E-state index contributed by atoms with van der Waals surface area (Å²) in [5.74, 6) is 0.269. The van der Waals surface area contributed by atoms with Gasteiger partial charge >= 0.3 is 6.03 Å². The van der Waals surface area contributed by atoms with Crippen LogP contribution in [0.2, 0.25) is 0 Å². The Morgan fingerprint density at radius 2 is 2.06 bits per heavy atom. The Labute approximate surface area is 183 Å². The molecule has 0 fully saturated rings. The lowest BCUT2D eigenvalue weighted by Gasteiger charge is -2.15. The normalized spacial score (nSPS) is 13.5. The van der Waals surface area contributed by atoms with E-state index < -0.39 is 5.91 Å². The second-order valence-corrected chi connectivity index (χ2v) is 7.37. The molecule has 166 valence electrons. The Hall–Kier alpha value is -3.93. The lowest BCUT2D eigenvalue weighted by atomic mass is 10.1. The zero-order chi connectivity index (χ0) is 22.7. The van der Waals surface area contributed by atoms with Crippen molar-refractivity contribution >= 4 is 17.8 Å². The minimum atomic E-state index is -0.419. The van der Waals surface area contributed by atoms with Crippen molar-refractivity contribution in [2.75, 3.05) is 18.5 Å². The first kappa shape index (κ1) is 21.3. The minimum Gasteiger partial charge on any atom is -0.394 e. The molecule has 3 aromatic rings. The van der Waals surface area contributed by atoms with Crippen LogP contribution in [0.3, 0.4) is 0 Å². The summed E-state index contributed by atoms with van der Waals surface area (Å²) < 4.78 is 1.47. The summed E-state index contributed by atoms with van der Waals surface area (Å²) in [6, 6.07) is 6.31. The van der Waals surface area contributed by atoms with Gasteiger partial charge in [0.2, 0.25) is 5.82 Å². The molecule has 4 rings (SSSR count). The molecule has 0 saturated carbocycles. The Bertz CT molecular complexity index is 1150. The van der Waals surface area contributed by atoms with Gasteiger partial charge in [-0.05, 0) is 53.6 Å². The fraction of sp³-hybridized carbons (Fsp3) is 0.350. The lowest BCUT2D eigenvalue weighted by molar-refractivity contribution is 0.102. The maximum atomic E-state index is 12.8. The van der Waals surface area contributed by atoms with E-state index in [4.69, 9.17) is 0 Å². The molecule has 32 heavy (non-hydrogen) atoms. The molecule has 0 saturated heterocycles. The number of hydrogen-bond acceptors (Lipinski definition) is 8. The van der Waals surface area contributed by atoms with Crippen molar-refractivity contribution < 1.29 is 14.7 Å². The molecule has 1 aliphatic rings. The molecular formula is C20H23N9O3. The second kappa shape index (κ2) is 9.06. The van der Waals surface area contributed by atoms with Gasteiger partial charge in [0, 0.05) is 25.8 Å². The van der Waals surface area contributed by atoms with E-state index in [2.05, 4.69) is 36.1 Å². The Morgan fingerprint density at radius 3 is 2.84 bits per heavy atom. The average Bonchev–Trinajstić information content (AvgIpc) is 3.45. The van der Waals surface area contributed by atoms with E-state index in [0.717, 1.165) is 11.1 Å². The van der Waals surface area contributed by atoms with Crippen LogP contribution in [0.4, 0.5) is 10.6 Å². The van der Waals surface area contributed by atoms with E-state index in [1.807, 2.05) is 6.92 Å². The summed E-state index contributed by atoms with van der Waals surface area (Å²) >= 11 is 0. The van der Waals surface area contributed by atoms with Gasteiger partial charge in [-0.25, -0.2) is 14.5 Å². The van der Waals surface area contributed by atoms with Crippen LogP contribution in [0.1, 0.15) is 41.5 Å². The van der Waals surface area contributed by atoms with Gasteiger partial charge in [0.25, 0.3) is 5.91 Å². The van der Waals surface area contributed by atoms with Crippen molar-refractivity contribution in [1.82, 2.24) is 40.4 Å². The third-order valence-electron chi connectivity index (χ3n) is 5.05. The highest BCUT2D eigenvalue weighted by Gasteiger charge is 2.25. The highest BCUT2D eigenvalue weighted by molar-refractivity contribution is 6.02. The van der Waals surface area contributed by atoms with Crippen LogP contribution < -0.4 is 10.6 Å². The van der Waals surface area contributed by atoms with Gasteiger partial charge in [0.1, 0.15) is 17.2 Å². The smallest absolute Gasteiger partial charge is 0.317 e. The number of nitrogens with zero attached hydrogens (tertiary/aromatic N) is 7. The van der Waals surface area contributed by atoms with Crippen molar-refractivity contribution in [3.63, 3.8) is 0 Å². The fourth-order valence-electron chi connectivity index (χ4n) is 3.36. The minimum absolute atomic E-state index is 0.129. The van der Waals surface area contributed by atoms with Crippen LogP contribution >= 0.6 is 0 Å². The number of urea groups is 1. The zero-order valence-electron chi connectivity index (χ0n) is 17.7. The number of carbonyl (C=O) groups excluding carboxylic acids is 2. The highest BCUT2D eigenvalue weighted by Crippen LogP contribution is 2.23. The van der Waals surface area contributed by atoms with Gasteiger partial charge in [0.05, 0.1) is 12.6 Å². The molecule has 0 bridgehead atoms. The first-order valence-corrected chi connectivity index (χ1v) is 10.2. The van der Waals surface area contributed by atoms with E-state index >= 15 is 0 Å². The second-order valence-electron chi connectivity index (χ2n) is 7.37. The predicted octanol–water partition coefficient (Wildman–Crippen LogP) is 0.981. The number of aliphatic hydroxyl groups excluding tert-OH is 1. The standard InChI is InChI=1S/C20H23N9O3/c1-3-21-20(32)28-9-13-7-16(22-8-14(13)10-28)19(31)24-17-6-4-5-15(23-17)18-25-26-27-29(18)12(2)11-30/h4-8,12,30H,3,9-11H2,1-2H3,(H,21,32)(H,23,24,31)/t12-/m1/s1. The van der Waals surface area contributed by atoms with Crippen LogP contribution in [0.5, 0.6) is 0 Å². The zero-order valence-corrected chi connectivity index (χ0v) is 17.7. The van der Waals surface area contributed by atoms with Gasteiger partial charge in [-0.3, -0.25) is 9.78 Å². The highest BCUT2D eigenvalue weighted by atomic mass is 16.3. The van der Waals surface area contributed by atoms with Crippen molar-refractivity contribution in [1.29, 1.82) is 0 Å². The molecule has 0 spiro atoms. The molecule has 3 aromatic heterocycles. The first-order chi connectivity index (χ1) is 15.5. The average molecular weight is 437 g/mol. The number of aromatic nitrogens is 6. The maximum absolute atomic E-state index is 12.8. The summed E-state index contributed by atoms with van der Waals surface area (Å²) in [4.78, 5) is 35.2. The van der Waals surface area contributed by atoms with Crippen molar-refractivity contribution in [3.8, 4) is 11.5 Å². The predicted molar refractivity (Wildman–Crippen MR) is 113 cm³/mol. The molecule has 4 heterocycles. The summed E-state index contributed by atoms with van der Waals surface area (Å²) in [6.45, 7) is 4.94. The number of hydrogen-bond donors (Lipinski definition) is 3. The molecule has 0 aliphatic carbocycles. The molecule has 3 amide bonds. The van der Waals surface area contributed by atoms with Crippen LogP contribution in [0.15, 0.2) is 30.5 Å². The third-order valence-corrected chi connectivity index (χ3v) is 5.05. The first-order valence-electron chi connectivity index (χ1n) is 10.2. The van der Waals surface area contributed by atoms with Crippen LogP contribution in [-0.2, 0) is 13.1 Å². The van der Waals surface area contributed by atoms with Crippen LogP contribution in [0.25, 0.3) is 11.5 Å². The molecule has 12 heteroatoms. The van der Waals surface area contributed by atoms with Crippen molar-refractivity contribution in [3.05, 3.63) is 47.3 Å². The number of anilines is 1. The molecule has 0 radical (unpaired) electrons. The number of rotatable bonds is 6. The summed E-state index contributed by atoms with van der Waals surface area (Å²) in [6.07, 6.45) is 1.62. The largest absolute Gasteiger partial charge is 0.394 e. The van der Waals surface area contributed by atoms with Gasteiger partial charge in [0.15, 0.2) is 0 Å². The number of nitrogens with one attached hydrogen (secondary N) is 2. The summed E-state index contributed by atoms with van der Waals surface area (Å²) in [5, 5.41) is 26.4. The lowest BCUT2D eigenvalue weighted by Crippen LogP contribution is -2.36. The SMILES string of the molecule is CCNC(=O)N1Cc2cnc(C(=O)Nc3cccc(-c4nnnn4[C@H](C)CO)n3)cc2C1.